The molecule has 0 bridgehead atoms. The second kappa shape index (κ2) is 7.81. The van der Waals surface area contributed by atoms with Gasteiger partial charge in [0.1, 0.15) is 6.04 Å². The van der Waals surface area contributed by atoms with Gasteiger partial charge in [-0.1, -0.05) is 51.1 Å². The van der Waals surface area contributed by atoms with Crippen molar-refractivity contribution in [3.05, 3.63) is 35.9 Å². The van der Waals surface area contributed by atoms with Crippen LogP contribution in [-0.4, -0.2) is 18.8 Å². The molecule has 3 atom stereocenters. The highest BCUT2D eigenvalue weighted by atomic mass is 16.5. The van der Waals surface area contributed by atoms with Gasteiger partial charge in [-0.3, -0.25) is 0 Å². The Morgan fingerprint density at radius 1 is 1.17 bits per heavy atom. The van der Waals surface area contributed by atoms with Crippen molar-refractivity contribution < 1.29 is 10.1 Å². The summed E-state index contributed by atoms with van der Waals surface area (Å²) in [6, 6.07) is 11.4. The maximum atomic E-state index is 6.11. The Balaban J connectivity index is 1.95. The normalized spacial score (nSPS) is 29.7. The Kier molecular flexibility index (Phi) is 6.27. The summed E-state index contributed by atoms with van der Waals surface area (Å²) in [5.74, 6) is 0.720. The Labute approximate surface area is 143 Å². The lowest BCUT2D eigenvalue weighted by Crippen LogP contribution is -2.85. The van der Waals surface area contributed by atoms with Crippen molar-refractivity contribution in [3.8, 4) is 0 Å². The zero-order chi connectivity index (χ0) is 16.9. The smallest absolute Gasteiger partial charge is 0.109 e. The zero-order valence-electron chi connectivity index (χ0n) is 15.8. The van der Waals surface area contributed by atoms with Gasteiger partial charge >= 0.3 is 0 Å². The van der Waals surface area contributed by atoms with Crippen molar-refractivity contribution in [2.45, 2.75) is 71.9 Å². The van der Waals surface area contributed by atoms with Crippen LogP contribution in [0, 0.1) is 11.3 Å². The summed E-state index contributed by atoms with van der Waals surface area (Å²) in [6.07, 6.45) is 4.84. The van der Waals surface area contributed by atoms with Crippen molar-refractivity contribution >= 4 is 0 Å². The molecule has 1 aromatic rings. The maximum absolute atomic E-state index is 6.11. The first-order chi connectivity index (χ1) is 10.9. The van der Waals surface area contributed by atoms with Crippen LogP contribution in [-0.2, 0) is 4.74 Å². The lowest BCUT2D eigenvalue weighted by molar-refractivity contribution is -0.694. The SMILES string of the molecule is CC[C@]1(C)C[C@](CC[NH2+][C@@H](C)c2ccccc2)(C(C)C)CCO1. The van der Waals surface area contributed by atoms with Gasteiger partial charge in [0.05, 0.1) is 12.1 Å². The van der Waals surface area contributed by atoms with Crippen molar-refractivity contribution in [2.75, 3.05) is 13.2 Å². The third kappa shape index (κ3) is 4.58. The lowest BCUT2D eigenvalue weighted by atomic mass is 9.64. The number of quaternary nitrogens is 1. The predicted molar refractivity (Wildman–Crippen MR) is 97.4 cm³/mol. The van der Waals surface area contributed by atoms with Crippen molar-refractivity contribution in [1.29, 1.82) is 0 Å². The van der Waals surface area contributed by atoms with Crippen LogP contribution in [0.3, 0.4) is 0 Å². The molecule has 0 saturated carbocycles. The Morgan fingerprint density at radius 3 is 2.48 bits per heavy atom. The first kappa shape index (κ1) is 18.5. The van der Waals surface area contributed by atoms with Gasteiger partial charge in [-0.25, -0.2) is 0 Å². The van der Waals surface area contributed by atoms with E-state index in [2.05, 4.69) is 70.3 Å². The first-order valence-corrected chi connectivity index (χ1v) is 9.43. The van der Waals surface area contributed by atoms with Gasteiger partial charge in [0.2, 0.25) is 0 Å². The second-order valence-electron chi connectivity index (χ2n) is 8.07. The van der Waals surface area contributed by atoms with Crippen LogP contribution in [0.4, 0.5) is 0 Å². The van der Waals surface area contributed by atoms with E-state index >= 15 is 0 Å². The minimum Gasteiger partial charge on any atom is -0.375 e. The van der Waals surface area contributed by atoms with Crippen LogP contribution in [0.5, 0.6) is 0 Å². The Bertz CT molecular complexity index is 472. The third-order valence-electron chi connectivity index (χ3n) is 6.24. The molecule has 2 N–H and O–H groups in total. The summed E-state index contributed by atoms with van der Waals surface area (Å²) in [5, 5.41) is 2.51. The van der Waals surface area contributed by atoms with E-state index in [1.54, 1.807) is 0 Å². The highest BCUT2D eigenvalue weighted by Crippen LogP contribution is 2.47. The average molecular weight is 319 g/mol. The molecule has 0 aromatic heterocycles. The molecule has 0 spiro atoms. The second-order valence-corrected chi connectivity index (χ2v) is 8.07. The van der Waals surface area contributed by atoms with E-state index in [4.69, 9.17) is 4.74 Å². The highest BCUT2D eigenvalue weighted by molar-refractivity contribution is 5.16. The molecule has 0 radical (unpaired) electrons. The molecule has 1 aromatic carbocycles. The topological polar surface area (TPSA) is 25.8 Å². The van der Waals surface area contributed by atoms with E-state index < -0.39 is 0 Å². The van der Waals surface area contributed by atoms with Crippen LogP contribution in [0.15, 0.2) is 30.3 Å². The molecule has 0 aliphatic carbocycles. The summed E-state index contributed by atoms with van der Waals surface area (Å²) < 4.78 is 6.11. The summed E-state index contributed by atoms with van der Waals surface area (Å²) in [6.45, 7) is 13.8. The molecule has 0 amide bonds. The molecular formula is C21H36NO+. The number of benzene rings is 1. The first-order valence-electron chi connectivity index (χ1n) is 9.43. The number of hydrogen-bond donors (Lipinski definition) is 1. The molecule has 2 heteroatoms. The van der Waals surface area contributed by atoms with Crippen LogP contribution in [0.2, 0.25) is 0 Å². The molecule has 23 heavy (non-hydrogen) atoms. The summed E-state index contributed by atoms with van der Waals surface area (Å²) >= 11 is 0. The molecule has 1 heterocycles. The number of ether oxygens (including phenoxy) is 1. The van der Waals surface area contributed by atoms with E-state index in [9.17, 15) is 0 Å². The summed E-state index contributed by atoms with van der Waals surface area (Å²) in [4.78, 5) is 0. The fourth-order valence-electron chi connectivity index (χ4n) is 4.12. The van der Waals surface area contributed by atoms with E-state index in [0.717, 1.165) is 18.9 Å². The minimum absolute atomic E-state index is 0.0770. The Hall–Kier alpha value is -0.860. The van der Waals surface area contributed by atoms with E-state index in [1.165, 1.54) is 31.4 Å². The maximum Gasteiger partial charge on any atom is 0.109 e. The quantitative estimate of drug-likeness (QED) is 0.796. The third-order valence-corrected chi connectivity index (χ3v) is 6.24. The number of rotatable bonds is 7. The summed E-state index contributed by atoms with van der Waals surface area (Å²) in [7, 11) is 0. The number of nitrogens with two attached hydrogens (primary N) is 1. The lowest BCUT2D eigenvalue weighted by Gasteiger charge is -2.48. The van der Waals surface area contributed by atoms with Gasteiger partial charge in [-0.2, -0.15) is 0 Å². The monoisotopic (exact) mass is 318 g/mol. The van der Waals surface area contributed by atoms with Gasteiger partial charge in [0.15, 0.2) is 0 Å². The van der Waals surface area contributed by atoms with Crippen LogP contribution < -0.4 is 5.32 Å². The standard InChI is InChI=1S/C21H35NO/c1-6-20(5)16-21(17(2)3,13-15-23-20)12-14-22-18(4)19-10-8-7-9-11-19/h7-11,17-18,22H,6,12-16H2,1-5H3/p+1/t18-,20+,21+/m0/s1. The van der Waals surface area contributed by atoms with Gasteiger partial charge < -0.3 is 10.1 Å². The van der Waals surface area contributed by atoms with E-state index in [-0.39, 0.29) is 5.60 Å². The minimum atomic E-state index is 0.0770. The molecule has 1 aliphatic rings. The van der Waals surface area contributed by atoms with Gasteiger partial charge in [0, 0.05) is 18.6 Å². The molecule has 1 saturated heterocycles. The zero-order valence-corrected chi connectivity index (χ0v) is 15.8. The molecule has 2 nitrogen and oxygen atoms in total. The van der Waals surface area contributed by atoms with Gasteiger partial charge in [-0.05, 0) is 44.4 Å². The van der Waals surface area contributed by atoms with E-state index in [1.807, 2.05) is 0 Å². The predicted octanol–water partition coefficient (Wildman–Crippen LogP) is 4.32. The van der Waals surface area contributed by atoms with Gasteiger partial charge in [-0.15, -0.1) is 0 Å². The molecular weight excluding hydrogens is 282 g/mol. The van der Waals surface area contributed by atoms with Crippen LogP contribution >= 0.6 is 0 Å². The van der Waals surface area contributed by atoms with Crippen LogP contribution in [0.1, 0.15) is 71.9 Å². The average Bonchev–Trinajstić information content (AvgIpc) is 2.55. The fraction of sp³-hybridized carbons (Fsp3) is 0.714. The van der Waals surface area contributed by atoms with Crippen molar-refractivity contribution in [3.63, 3.8) is 0 Å². The van der Waals surface area contributed by atoms with Crippen LogP contribution in [0.25, 0.3) is 0 Å². The summed E-state index contributed by atoms with van der Waals surface area (Å²) in [5.41, 5.74) is 1.94. The number of hydrogen-bond acceptors (Lipinski definition) is 1. The molecule has 0 unspecified atom stereocenters. The van der Waals surface area contributed by atoms with Crippen molar-refractivity contribution in [2.24, 2.45) is 11.3 Å². The largest absolute Gasteiger partial charge is 0.375 e. The molecule has 2 rings (SSSR count). The van der Waals surface area contributed by atoms with Gasteiger partial charge in [0.25, 0.3) is 0 Å². The van der Waals surface area contributed by atoms with Crippen molar-refractivity contribution in [1.82, 2.24) is 0 Å². The molecule has 130 valence electrons. The highest BCUT2D eigenvalue weighted by Gasteiger charge is 2.44. The Morgan fingerprint density at radius 2 is 1.87 bits per heavy atom. The molecule has 1 aliphatic heterocycles. The molecule has 1 fully saturated rings. The fourth-order valence-corrected chi connectivity index (χ4v) is 4.12. The van der Waals surface area contributed by atoms with E-state index in [0.29, 0.717) is 11.5 Å².